The Morgan fingerprint density at radius 2 is 2.05 bits per heavy atom. The lowest BCUT2D eigenvalue weighted by molar-refractivity contribution is 0.110. The fourth-order valence-corrected chi connectivity index (χ4v) is 4.64. The first-order valence-electron chi connectivity index (χ1n) is 12.3. The highest BCUT2D eigenvalue weighted by atomic mass is 16.5. The molecule has 188 valence electrons. The van der Waals surface area contributed by atoms with Crippen molar-refractivity contribution in [1.29, 1.82) is 0 Å². The number of anilines is 2. The van der Waals surface area contributed by atoms with Gasteiger partial charge in [0.05, 0.1) is 12.8 Å². The van der Waals surface area contributed by atoms with Crippen LogP contribution in [-0.4, -0.2) is 55.5 Å². The highest BCUT2D eigenvalue weighted by molar-refractivity contribution is 5.82. The molecule has 1 aliphatic heterocycles. The molecule has 1 saturated heterocycles. The minimum Gasteiger partial charge on any atom is -0.474 e. The SMILES string of the molecule is C=CCn1c(=O)c2cnc(Nc3ccc4occc4c3)nc2n1-c1cccc(OC2CCN(C)CC2)n1. The number of nitrogens with zero attached hydrogens (tertiary/aromatic N) is 6. The molecule has 37 heavy (non-hydrogen) atoms. The predicted octanol–water partition coefficient (Wildman–Crippen LogP) is 4.13. The molecule has 0 atom stereocenters. The first kappa shape index (κ1) is 23.0. The second-order valence-corrected chi connectivity index (χ2v) is 9.17. The van der Waals surface area contributed by atoms with Crippen molar-refractivity contribution >= 4 is 33.6 Å². The van der Waals surface area contributed by atoms with E-state index in [4.69, 9.17) is 19.1 Å². The molecule has 1 aliphatic rings. The average Bonchev–Trinajstić information content (AvgIpc) is 3.48. The first-order chi connectivity index (χ1) is 18.1. The summed E-state index contributed by atoms with van der Waals surface area (Å²) in [6.07, 6.45) is 6.86. The van der Waals surface area contributed by atoms with Gasteiger partial charge >= 0.3 is 0 Å². The second kappa shape index (κ2) is 9.55. The van der Waals surface area contributed by atoms with E-state index in [9.17, 15) is 4.79 Å². The Kier molecular flexibility index (Phi) is 5.93. The van der Waals surface area contributed by atoms with Crippen LogP contribution in [0.1, 0.15) is 12.8 Å². The second-order valence-electron chi connectivity index (χ2n) is 9.17. The molecule has 1 fully saturated rings. The van der Waals surface area contributed by atoms with E-state index in [1.165, 1.54) is 0 Å². The molecule has 4 aromatic heterocycles. The number of piperidine rings is 1. The minimum atomic E-state index is -0.218. The zero-order valence-corrected chi connectivity index (χ0v) is 20.5. The predicted molar refractivity (Wildman–Crippen MR) is 142 cm³/mol. The van der Waals surface area contributed by atoms with E-state index in [1.54, 1.807) is 27.9 Å². The lowest BCUT2D eigenvalue weighted by Crippen LogP contribution is -2.35. The van der Waals surface area contributed by atoms with E-state index in [0.717, 1.165) is 42.6 Å². The van der Waals surface area contributed by atoms with Crippen molar-refractivity contribution in [1.82, 2.24) is 29.2 Å². The fraction of sp³-hybridized carbons (Fsp3) is 0.259. The van der Waals surface area contributed by atoms with Gasteiger partial charge in [-0.1, -0.05) is 12.1 Å². The van der Waals surface area contributed by atoms with Crippen LogP contribution in [0.15, 0.2) is 76.8 Å². The zero-order chi connectivity index (χ0) is 25.4. The molecule has 1 aromatic carbocycles. The molecule has 0 radical (unpaired) electrons. The molecule has 10 nitrogen and oxygen atoms in total. The Labute approximate surface area is 212 Å². The molecule has 1 N–H and O–H groups in total. The molecule has 5 aromatic rings. The van der Waals surface area contributed by atoms with Gasteiger partial charge in [-0.25, -0.2) is 14.3 Å². The van der Waals surface area contributed by atoms with Crippen molar-refractivity contribution in [3.63, 3.8) is 0 Å². The number of likely N-dealkylation sites (tertiary alicyclic amines) is 1. The van der Waals surface area contributed by atoms with Crippen LogP contribution in [0, 0.1) is 0 Å². The minimum absolute atomic E-state index is 0.112. The topological polar surface area (TPSA) is 103 Å². The monoisotopic (exact) mass is 497 g/mol. The third-order valence-electron chi connectivity index (χ3n) is 6.56. The lowest BCUT2D eigenvalue weighted by Gasteiger charge is -2.29. The van der Waals surface area contributed by atoms with Crippen LogP contribution in [0.25, 0.3) is 27.8 Å². The Morgan fingerprint density at radius 3 is 2.89 bits per heavy atom. The maximum Gasteiger partial charge on any atom is 0.278 e. The Morgan fingerprint density at radius 1 is 1.19 bits per heavy atom. The molecule has 0 unspecified atom stereocenters. The molecule has 0 amide bonds. The normalized spacial score (nSPS) is 14.8. The standard InChI is InChI=1S/C27H27N7O3/c1-3-12-33-26(35)21-17-28-27(29-19-7-8-22-18(16-19)11-15-36-22)31-25(21)34(33)23-5-4-6-24(30-23)37-20-9-13-32(2)14-10-20/h3-8,11,15-17,20H,1,9-10,12-14H2,2H3,(H,28,29,31). The van der Waals surface area contributed by atoms with Gasteiger partial charge in [0, 0.05) is 36.4 Å². The molecule has 0 bridgehead atoms. The molecule has 0 aliphatic carbocycles. The van der Waals surface area contributed by atoms with Crippen molar-refractivity contribution in [2.45, 2.75) is 25.5 Å². The molecule has 0 spiro atoms. The van der Waals surface area contributed by atoms with Crippen LogP contribution < -0.4 is 15.6 Å². The smallest absolute Gasteiger partial charge is 0.278 e. The molecule has 5 heterocycles. The van der Waals surface area contributed by atoms with Crippen molar-refractivity contribution in [2.75, 3.05) is 25.5 Å². The number of aromatic nitrogens is 5. The maximum atomic E-state index is 13.3. The summed E-state index contributed by atoms with van der Waals surface area (Å²) in [5, 5.41) is 4.58. The van der Waals surface area contributed by atoms with Gasteiger partial charge in [0.2, 0.25) is 11.8 Å². The number of furan rings is 1. The van der Waals surface area contributed by atoms with Gasteiger partial charge in [-0.3, -0.25) is 4.79 Å². The largest absolute Gasteiger partial charge is 0.474 e. The van der Waals surface area contributed by atoms with Gasteiger partial charge in [-0.15, -0.1) is 6.58 Å². The van der Waals surface area contributed by atoms with E-state index in [1.807, 2.05) is 42.5 Å². The van der Waals surface area contributed by atoms with Gasteiger partial charge < -0.3 is 19.4 Å². The third kappa shape index (κ3) is 4.47. The van der Waals surface area contributed by atoms with Gasteiger partial charge in [0.1, 0.15) is 17.1 Å². The molecule has 10 heteroatoms. The summed E-state index contributed by atoms with van der Waals surface area (Å²) in [6.45, 7) is 6.09. The van der Waals surface area contributed by atoms with Gasteiger partial charge in [0.15, 0.2) is 11.5 Å². The van der Waals surface area contributed by atoms with Crippen LogP contribution in [0.3, 0.4) is 0 Å². The number of nitrogens with one attached hydrogen (secondary N) is 1. The van der Waals surface area contributed by atoms with Crippen molar-refractivity contribution in [3.05, 3.63) is 77.9 Å². The summed E-state index contributed by atoms with van der Waals surface area (Å²) >= 11 is 0. The third-order valence-corrected chi connectivity index (χ3v) is 6.56. The van der Waals surface area contributed by atoms with E-state index in [0.29, 0.717) is 28.7 Å². The number of ether oxygens (including phenoxy) is 1. The molecule has 6 rings (SSSR count). The number of hydrogen-bond acceptors (Lipinski definition) is 8. The van der Waals surface area contributed by atoms with E-state index in [-0.39, 0.29) is 18.2 Å². The summed E-state index contributed by atoms with van der Waals surface area (Å²) in [6, 6.07) is 13.2. The summed E-state index contributed by atoms with van der Waals surface area (Å²) < 4.78 is 14.9. The van der Waals surface area contributed by atoms with Crippen molar-refractivity contribution < 1.29 is 9.15 Å². The molecular formula is C27H27N7O3. The highest BCUT2D eigenvalue weighted by Crippen LogP contribution is 2.24. The van der Waals surface area contributed by atoms with E-state index < -0.39 is 0 Å². The first-order valence-corrected chi connectivity index (χ1v) is 12.3. The maximum absolute atomic E-state index is 13.3. The summed E-state index contributed by atoms with van der Waals surface area (Å²) in [4.78, 5) is 29.4. The lowest BCUT2D eigenvalue weighted by atomic mass is 10.1. The van der Waals surface area contributed by atoms with Crippen LogP contribution in [0.4, 0.5) is 11.6 Å². The summed E-state index contributed by atoms with van der Waals surface area (Å²) in [7, 11) is 2.12. The van der Waals surface area contributed by atoms with E-state index in [2.05, 4.69) is 28.8 Å². The van der Waals surface area contributed by atoms with Crippen molar-refractivity contribution in [3.8, 4) is 11.7 Å². The highest BCUT2D eigenvalue weighted by Gasteiger charge is 2.21. The number of pyridine rings is 1. The fourth-order valence-electron chi connectivity index (χ4n) is 4.64. The number of benzene rings is 1. The van der Waals surface area contributed by atoms with Gasteiger partial charge in [-0.2, -0.15) is 9.97 Å². The quantitative estimate of drug-likeness (QED) is 0.335. The van der Waals surface area contributed by atoms with Gasteiger partial charge in [-0.05, 0) is 50.2 Å². The van der Waals surface area contributed by atoms with Crippen molar-refractivity contribution in [2.24, 2.45) is 0 Å². The summed E-state index contributed by atoms with van der Waals surface area (Å²) in [5.74, 6) is 1.41. The van der Waals surface area contributed by atoms with Crippen LogP contribution in [0.2, 0.25) is 0 Å². The number of rotatable bonds is 7. The van der Waals surface area contributed by atoms with E-state index >= 15 is 0 Å². The number of hydrogen-bond donors (Lipinski definition) is 1. The van der Waals surface area contributed by atoms with Gasteiger partial charge in [0.25, 0.3) is 5.56 Å². The number of allylic oxidation sites excluding steroid dienone is 1. The number of fused-ring (bicyclic) bond motifs is 2. The zero-order valence-electron chi connectivity index (χ0n) is 20.5. The van der Waals surface area contributed by atoms with Crippen LogP contribution in [-0.2, 0) is 6.54 Å². The Balaban J connectivity index is 1.38. The molecular weight excluding hydrogens is 470 g/mol. The van der Waals surface area contributed by atoms with Crippen LogP contribution in [0.5, 0.6) is 5.88 Å². The Hall–Kier alpha value is -4.44. The average molecular weight is 498 g/mol. The van der Waals surface area contributed by atoms with Crippen LogP contribution >= 0.6 is 0 Å². The molecule has 0 saturated carbocycles. The summed E-state index contributed by atoms with van der Waals surface area (Å²) in [5.41, 5.74) is 1.83. The Bertz CT molecular complexity index is 1640.